The lowest BCUT2D eigenvalue weighted by Crippen LogP contribution is -2.45. The van der Waals surface area contributed by atoms with Gasteiger partial charge in [-0.2, -0.15) is 13.2 Å². The van der Waals surface area contributed by atoms with Crippen LogP contribution in [0.25, 0.3) is 5.69 Å². The Morgan fingerprint density at radius 2 is 1.92 bits per heavy atom. The third-order valence-electron chi connectivity index (χ3n) is 4.68. The van der Waals surface area contributed by atoms with E-state index in [1.165, 1.54) is 12.3 Å². The van der Waals surface area contributed by atoms with Gasteiger partial charge in [0.05, 0.1) is 16.7 Å². The summed E-state index contributed by atoms with van der Waals surface area (Å²) in [6.07, 6.45) is -3.73. The van der Waals surface area contributed by atoms with Crippen molar-refractivity contribution in [2.24, 2.45) is 0 Å². The fourth-order valence-electron chi connectivity index (χ4n) is 3.05. The van der Waals surface area contributed by atoms with Crippen LogP contribution in [0.1, 0.15) is 25.1 Å². The SMILES string of the molecule is CCc1ccnc(OOC(C)=O)c1Oc1cc(-n2c(=O)cc(C(F)(F)F)n(N)c2=O)c(F)cc1[N+](=O)[O-]. The third-order valence-corrected chi connectivity index (χ3v) is 4.68. The molecule has 0 radical (unpaired) electrons. The standard InChI is InChI=1S/C20H15F4N5O8/c1-3-10-4-5-26-18(37-36-9(2)30)17(10)35-14-7-12(11(21)6-13(14)29(33)34)27-16(31)8-15(20(22,23)24)28(25)19(27)32/h4-8H,3,25H2,1-2H3. The molecule has 0 aliphatic heterocycles. The normalized spacial score (nSPS) is 11.2. The number of nitrogen functional groups attached to an aromatic ring is 1. The van der Waals surface area contributed by atoms with Crippen LogP contribution in [0.4, 0.5) is 23.2 Å². The summed E-state index contributed by atoms with van der Waals surface area (Å²) in [5.41, 5.74) is -6.94. The van der Waals surface area contributed by atoms with Crippen molar-refractivity contribution in [1.82, 2.24) is 14.2 Å². The van der Waals surface area contributed by atoms with Gasteiger partial charge in [0.25, 0.3) is 5.56 Å². The molecule has 0 aliphatic rings. The van der Waals surface area contributed by atoms with Crippen LogP contribution in [0.15, 0.2) is 40.1 Å². The summed E-state index contributed by atoms with van der Waals surface area (Å²) in [7, 11) is 0. The van der Waals surface area contributed by atoms with Crippen LogP contribution in [0.2, 0.25) is 0 Å². The summed E-state index contributed by atoms with van der Waals surface area (Å²) < 4.78 is 59.2. The van der Waals surface area contributed by atoms with Crippen LogP contribution < -0.4 is 26.7 Å². The Kier molecular flexibility index (Phi) is 7.17. The first-order valence-corrected chi connectivity index (χ1v) is 9.96. The topological polar surface area (TPSA) is 171 Å². The number of aromatic nitrogens is 3. The molecule has 0 saturated heterocycles. The molecule has 17 heteroatoms. The summed E-state index contributed by atoms with van der Waals surface area (Å²) in [6.45, 7) is 2.65. The Morgan fingerprint density at radius 1 is 1.24 bits per heavy atom. The number of alkyl halides is 3. The van der Waals surface area contributed by atoms with Gasteiger partial charge in [-0.15, -0.1) is 0 Å². The van der Waals surface area contributed by atoms with E-state index in [2.05, 4.69) is 9.87 Å². The van der Waals surface area contributed by atoms with E-state index < -0.39 is 67.5 Å². The average molecular weight is 529 g/mol. The van der Waals surface area contributed by atoms with Crippen LogP contribution in [0.5, 0.6) is 17.4 Å². The van der Waals surface area contributed by atoms with Gasteiger partial charge in [0.2, 0.25) is 5.75 Å². The Labute approximate surface area is 202 Å². The van der Waals surface area contributed by atoms with Crippen molar-refractivity contribution in [3.63, 3.8) is 0 Å². The van der Waals surface area contributed by atoms with E-state index in [1.807, 2.05) is 0 Å². The van der Waals surface area contributed by atoms with Gasteiger partial charge >= 0.3 is 29.4 Å². The molecule has 1 aromatic carbocycles. The van der Waals surface area contributed by atoms with E-state index in [9.17, 15) is 42.1 Å². The van der Waals surface area contributed by atoms with Gasteiger partial charge in [-0.1, -0.05) is 6.92 Å². The maximum Gasteiger partial charge on any atom is 0.433 e. The highest BCUT2D eigenvalue weighted by Gasteiger charge is 2.36. The van der Waals surface area contributed by atoms with Gasteiger partial charge in [0, 0.05) is 30.8 Å². The Bertz CT molecular complexity index is 1520. The van der Waals surface area contributed by atoms with Crippen molar-refractivity contribution in [3.05, 3.63) is 78.5 Å². The van der Waals surface area contributed by atoms with E-state index in [0.29, 0.717) is 11.6 Å². The Balaban J connectivity index is 2.26. The molecule has 13 nitrogen and oxygen atoms in total. The summed E-state index contributed by atoms with van der Waals surface area (Å²) in [5.74, 6) is 1.21. The Hall–Kier alpha value is -4.96. The maximum absolute atomic E-state index is 14.9. The number of nitrogens with two attached hydrogens (primary N) is 1. The highest BCUT2D eigenvalue weighted by molar-refractivity contribution is 5.65. The van der Waals surface area contributed by atoms with Gasteiger partial charge in [0.15, 0.2) is 17.3 Å². The molecule has 2 N–H and O–H groups in total. The highest BCUT2D eigenvalue weighted by atomic mass is 19.4. The quantitative estimate of drug-likeness (QED) is 0.158. The Morgan fingerprint density at radius 3 is 2.49 bits per heavy atom. The molecule has 37 heavy (non-hydrogen) atoms. The number of carbonyl (C=O) groups is 1. The number of rotatable bonds is 7. The predicted molar refractivity (Wildman–Crippen MR) is 114 cm³/mol. The molecule has 0 saturated carbocycles. The second-order valence-electron chi connectivity index (χ2n) is 7.10. The minimum absolute atomic E-state index is 0.0515. The first-order chi connectivity index (χ1) is 17.3. The van der Waals surface area contributed by atoms with Crippen molar-refractivity contribution in [2.75, 3.05) is 5.84 Å². The number of carbonyl (C=O) groups excluding carboxylic acids is 1. The number of nitro groups is 1. The number of nitro benzene ring substituents is 1. The zero-order valence-electron chi connectivity index (χ0n) is 18.7. The number of pyridine rings is 1. The minimum atomic E-state index is -5.19. The molecule has 0 unspecified atom stereocenters. The van der Waals surface area contributed by atoms with Gasteiger partial charge in [0.1, 0.15) is 0 Å². The summed E-state index contributed by atoms with van der Waals surface area (Å²) >= 11 is 0. The fraction of sp³-hybridized carbons (Fsp3) is 0.200. The van der Waals surface area contributed by atoms with Crippen molar-refractivity contribution in [3.8, 4) is 23.1 Å². The molecule has 0 atom stereocenters. The van der Waals surface area contributed by atoms with Crippen LogP contribution in [0.3, 0.4) is 0 Å². The molecule has 3 aromatic rings. The second kappa shape index (κ2) is 9.96. The van der Waals surface area contributed by atoms with Crippen molar-refractivity contribution in [2.45, 2.75) is 26.4 Å². The number of benzene rings is 1. The van der Waals surface area contributed by atoms with Crippen molar-refractivity contribution in [1.29, 1.82) is 0 Å². The lowest BCUT2D eigenvalue weighted by Gasteiger charge is -2.16. The average Bonchev–Trinajstić information content (AvgIpc) is 2.81. The van der Waals surface area contributed by atoms with Crippen LogP contribution in [-0.4, -0.2) is 25.1 Å². The zero-order valence-corrected chi connectivity index (χ0v) is 18.7. The van der Waals surface area contributed by atoms with Crippen molar-refractivity contribution >= 4 is 11.7 Å². The molecule has 2 heterocycles. The molecule has 0 amide bonds. The summed E-state index contributed by atoms with van der Waals surface area (Å²) in [5, 5.41) is 11.6. The lowest BCUT2D eigenvalue weighted by molar-refractivity contribution is -0.385. The molecule has 3 rings (SSSR count). The van der Waals surface area contributed by atoms with Gasteiger partial charge in [-0.25, -0.2) is 33.1 Å². The molecular formula is C20H15F4N5O8. The molecular weight excluding hydrogens is 514 g/mol. The van der Waals surface area contributed by atoms with E-state index >= 15 is 0 Å². The fourth-order valence-corrected chi connectivity index (χ4v) is 3.05. The number of aryl methyl sites for hydroxylation is 1. The zero-order chi connectivity index (χ0) is 27.7. The van der Waals surface area contributed by atoms with Gasteiger partial charge < -0.3 is 10.6 Å². The predicted octanol–water partition coefficient (Wildman–Crippen LogP) is 2.39. The van der Waals surface area contributed by atoms with Crippen LogP contribution in [-0.2, 0) is 22.3 Å². The first-order valence-electron chi connectivity index (χ1n) is 9.96. The lowest BCUT2D eigenvalue weighted by atomic mass is 10.2. The first kappa shape index (κ1) is 26.6. The third kappa shape index (κ3) is 5.34. The molecule has 196 valence electrons. The molecule has 0 bridgehead atoms. The number of halogens is 4. The summed E-state index contributed by atoms with van der Waals surface area (Å²) in [6, 6.07) is 2.18. The van der Waals surface area contributed by atoms with Crippen LogP contribution >= 0.6 is 0 Å². The molecule has 0 fully saturated rings. The van der Waals surface area contributed by atoms with E-state index in [4.69, 9.17) is 15.5 Å². The van der Waals surface area contributed by atoms with Crippen molar-refractivity contribution < 1.29 is 41.8 Å². The van der Waals surface area contributed by atoms with Gasteiger partial charge in [-0.3, -0.25) is 19.8 Å². The van der Waals surface area contributed by atoms with E-state index in [1.54, 1.807) is 6.92 Å². The largest absolute Gasteiger partial charge is 0.444 e. The monoisotopic (exact) mass is 529 g/mol. The number of nitrogens with zero attached hydrogens (tertiary/aromatic N) is 4. The summed E-state index contributed by atoms with van der Waals surface area (Å²) in [4.78, 5) is 59.5. The molecule has 2 aromatic heterocycles. The second-order valence-corrected chi connectivity index (χ2v) is 7.10. The molecule has 0 aliphatic carbocycles. The van der Waals surface area contributed by atoms with Gasteiger partial charge in [-0.05, 0) is 12.5 Å². The van der Waals surface area contributed by atoms with E-state index in [0.717, 1.165) is 6.92 Å². The molecule has 0 spiro atoms. The number of ether oxygens (including phenoxy) is 1. The number of hydrogen-bond donors (Lipinski definition) is 1. The maximum atomic E-state index is 14.9. The number of hydrogen-bond acceptors (Lipinski definition) is 10. The minimum Gasteiger partial charge on any atom is -0.444 e. The highest BCUT2D eigenvalue weighted by Crippen LogP contribution is 2.39. The smallest absolute Gasteiger partial charge is 0.433 e. The van der Waals surface area contributed by atoms with Crippen LogP contribution in [0, 0.1) is 15.9 Å². The van der Waals surface area contributed by atoms with E-state index in [-0.39, 0.29) is 28.9 Å².